The van der Waals surface area contributed by atoms with Crippen LogP contribution in [0.4, 0.5) is 0 Å². The molecular weight excluding hydrogens is 302 g/mol. The van der Waals surface area contributed by atoms with Crippen molar-refractivity contribution in [1.29, 1.82) is 0 Å². The highest BCUT2D eigenvalue weighted by Crippen LogP contribution is 2.29. The first-order chi connectivity index (χ1) is 11.8. The molecule has 6 heteroatoms. The molecule has 0 bridgehead atoms. The minimum atomic E-state index is 0.224. The Kier molecular flexibility index (Phi) is 4.02. The summed E-state index contributed by atoms with van der Waals surface area (Å²) in [5.41, 5.74) is 3.35. The van der Waals surface area contributed by atoms with Gasteiger partial charge >= 0.3 is 0 Å². The van der Waals surface area contributed by atoms with Crippen molar-refractivity contribution < 1.29 is 4.79 Å². The van der Waals surface area contributed by atoms with E-state index in [4.69, 9.17) is 0 Å². The van der Waals surface area contributed by atoms with Crippen molar-refractivity contribution in [2.45, 2.75) is 31.7 Å². The third-order valence-electron chi connectivity index (χ3n) is 4.81. The number of fused-ring (bicyclic) bond motifs is 1. The maximum Gasteiger partial charge on any atom is 0.224 e. The summed E-state index contributed by atoms with van der Waals surface area (Å²) < 4.78 is 1.81. The number of aryl methyl sites for hydroxylation is 1. The number of hydrogen-bond acceptors (Lipinski definition) is 3. The highest BCUT2D eigenvalue weighted by Gasteiger charge is 2.24. The second-order valence-electron chi connectivity index (χ2n) is 6.34. The van der Waals surface area contributed by atoms with Crippen LogP contribution < -0.4 is 0 Å². The molecule has 0 aliphatic carbocycles. The third kappa shape index (κ3) is 3.04. The normalized spacial score (nSPS) is 15.9. The molecule has 1 aliphatic rings. The van der Waals surface area contributed by atoms with Gasteiger partial charge in [-0.3, -0.25) is 14.5 Å². The highest BCUT2D eigenvalue weighted by atomic mass is 16.2. The fourth-order valence-electron chi connectivity index (χ4n) is 3.44. The molecule has 0 unspecified atom stereocenters. The first kappa shape index (κ1) is 14.9. The quantitative estimate of drug-likeness (QED) is 0.802. The first-order valence-corrected chi connectivity index (χ1v) is 8.48. The van der Waals surface area contributed by atoms with Crippen LogP contribution in [0.2, 0.25) is 0 Å². The molecule has 0 spiro atoms. The number of carbonyl (C=O) groups excluding carboxylic acids is 1. The fourth-order valence-corrected chi connectivity index (χ4v) is 3.44. The third-order valence-corrected chi connectivity index (χ3v) is 4.81. The zero-order valence-electron chi connectivity index (χ0n) is 13.6. The van der Waals surface area contributed by atoms with E-state index in [1.54, 1.807) is 6.20 Å². The number of pyridine rings is 1. The van der Waals surface area contributed by atoms with Gasteiger partial charge in [0.1, 0.15) is 0 Å². The molecule has 1 N–H and O–H groups in total. The molecule has 4 heterocycles. The molecule has 4 rings (SSSR count). The summed E-state index contributed by atoms with van der Waals surface area (Å²) in [5.74, 6) is 0.705. The lowest BCUT2D eigenvalue weighted by Crippen LogP contribution is -2.38. The van der Waals surface area contributed by atoms with Gasteiger partial charge in [0.15, 0.2) is 0 Å². The Morgan fingerprint density at radius 1 is 1.25 bits per heavy atom. The first-order valence-electron chi connectivity index (χ1n) is 8.48. The molecule has 124 valence electrons. The Balaban J connectivity index is 1.33. The summed E-state index contributed by atoms with van der Waals surface area (Å²) in [6, 6.07) is 8.03. The summed E-state index contributed by atoms with van der Waals surface area (Å²) >= 11 is 0. The van der Waals surface area contributed by atoms with Crippen LogP contribution in [0, 0.1) is 0 Å². The van der Waals surface area contributed by atoms with E-state index in [9.17, 15) is 4.79 Å². The second kappa shape index (κ2) is 6.47. The molecular formula is C18H21N5O. The largest absolute Gasteiger partial charge is 0.357 e. The predicted molar refractivity (Wildman–Crippen MR) is 91.5 cm³/mol. The van der Waals surface area contributed by atoms with Crippen LogP contribution >= 0.6 is 0 Å². The molecule has 0 atom stereocenters. The number of nitrogens with one attached hydrogen (secondary N) is 1. The topological polar surface area (TPSA) is 66.8 Å². The van der Waals surface area contributed by atoms with Crippen LogP contribution in [0.5, 0.6) is 0 Å². The van der Waals surface area contributed by atoms with Crippen molar-refractivity contribution in [2.24, 2.45) is 0 Å². The van der Waals surface area contributed by atoms with Gasteiger partial charge in [-0.1, -0.05) is 0 Å². The van der Waals surface area contributed by atoms with Crippen LogP contribution in [0.3, 0.4) is 0 Å². The number of nitrogens with zero attached hydrogens (tertiary/aromatic N) is 4. The predicted octanol–water partition coefficient (Wildman–Crippen LogP) is 2.56. The SMILES string of the molecule is O=C(CCn1cccn1)N1CCC(c2cc3ncccc3[nH]2)CC1. The van der Waals surface area contributed by atoms with Crippen LogP contribution in [0.25, 0.3) is 11.0 Å². The minimum Gasteiger partial charge on any atom is -0.357 e. The molecule has 24 heavy (non-hydrogen) atoms. The number of carbonyl (C=O) groups is 1. The zero-order valence-corrected chi connectivity index (χ0v) is 13.6. The Bertz CT molecular complexity index is 782. The van der Waals surface area contributed by atoms with Crippen LogP contribution in [-0.2, 0) is 11.3 Å². The van der Waals surface area contributed by atoms with Gasteiger partial charge in [-0.25, -0.2) is 0 Å². The number of rotatable bonds is 4. The van der Waals surface area contributed by atoms with E-state index in [2.05, 4.69) is 27.2 Å². The molecule has 0 radical (unpaired) electrons. The summed E-state index contributed by atoms with van der Waals surface area (Å²) in [7, 11) is 0. The van der Waals surface area contributed by atoms with Crippen LogP contribution in [-0.4, -0.2) is 43.6 Å². The number of hydrogen-bond donors (Lipinski definition) is 1. The Morgan fingerprint density at radius 2 is 2.12 bits per heavy atom. The molecule has 3 aromatic heterocycles. The highest BCUT2D eigenvalue weighted by molar-refractivity contribution is 5.77. The van der Waals surface area contributed by atoms with E-state index in [1.807, 2.05) is 34.1 Å². The maximum atomic E-state index is 12.3. The molecule has 1 aliphatic heterocycles. The fraction of sp³-hybridized carbons (Fsp3) is 0.389. The average Bonchev–Trinajstić information content (AvgIpc) is 3.29. The standard InChI is InChI=1S/C18H21N5O/c24-18(6-12-23-9-2-8-20-23)22-10-4-14(5-11-22)16-13-17-15(21-16)3-1-7-19-17/h1-3,7-9,13-14,21H,4-6,10-12H2. The zero-order chi connectivity index (χ0) is 16.4. The van der Waals surface area contributed by atoms with Gasteiger partial charge in [0, 0.05) is 56.3 Å². The van der Waals surface area contributed by atoms with E-state index in [-0.39, 0.29) is 5.91 Å². The van der Waals surface area contributed by atoms with Gasteiger partial charge in [0.25, 0.3) is 0 Å². The molecule has 1 saturated heterocycles. The number of H-pyrrole nitrogens is 1. The van der Waals surface area contributed by atoms with Crippen molar-refractivity contribution in [3.63, 3.8) is 0 Å². The van der Waals surface area contributed by atoms with Gasteiger partial charge in [0.05, 0.1) is 11.0 Å². The van der Waals surface area contributed by atoms with Crippen molar-refractivity contribution in [1.82, 2.24) is 24.6 Å². The Hall–Kier alpha value is -2.63. The van der Waals surface area contributed by atoms with E-state index in [1.165, 1.54) is 5.69 Å². The smallest absolute Gasteiger partial charge is 0.224 e. The monoisotopic (exact) mass is 323 g/mol. The summed E-state index contributed by atoms with van der Waals surface area (Å²) in [4.78, 5) is 22.2. The van der Waals surface area contributed by atoms with Crippen molar-refractivity contribution in [3.8, 4) is 0 Å². The van der Waals surface area contributed by atoms with Crippen molar-refractivity contribution in [2.75, 3.05) is 13.1 Å². The summed E-state index contributed by atoms with van der Waals surface area (Å²) in [6.45, 7) is 2.30. The number of aromatic nitrogens is 4. The van der Waals surface area contributed by atoms with Gasteiger partial charge < -0.3 is 9.88 Å². The van der Waals surface area contributed by atoms with Gasteiger partial charge in [-0.15, -0.1) is 0 Å². The average molecular weight is 323 g/mol. The molecule has 6 nitrogen and oxygen atoms in total. The molecule has 0 saturated carbocycles. The van der Waals surface area contributed by atoms with Crippen LogP contribution in [0.15, 0.2) is 42.9 Å². The minimum absolute atomic E-state index is 0.224. The van der Waals surface area contributed by atoms with E-state index >= 15 is 0 Å². The lowest BCUT2D eigenvalue weighted by atomic mass is 9.93. The second-order valence-corrected chi connectivity index (χ2v) is 6.34. The van der Waals surface area contributed by atoms with Gasteiger partial charge in [-0.2, -0.15) is 5.10 Å². The molecule has 1 fully saturated rings. The van der Waals surface area contributed by atoms with E-state index in [0.29, 0.717) is 18.9 Å². The van der Waals surface area contributed by atoms with E-state index in [0.717, 1.165) is 37.0 Å². The number of aromatic amines is 1. The number of amides is 1. The lowest BCUT2D eigenvalue weighted by molar-refractivity contribution is -0.132. The van der Waals surface area contributed by atoms with Crippen molar-refractivity contribution in [3.05, 3.63) is 48.5 Å². The van der Waals surface area contributed by atoms with Gasteiger partial charge in [-0.05, 0) is 37.1 Å². The van der Waals surface area contributed by atoms with Crippen molar-refractivity contribution >= 4 is 16.9 Å². The Morgan fingerprint density at radius 3 is 2.88 bits per heavy atom. The summed E-state index contributed by atoms with van der Waals surface area (Å²) in [6.07, 6.45) is 7.97. The lowest BCUT2D eigenvalue weighted by Gasteiger charge is -2.31. The maximum absolute atomic E-state index is 12.3. The number of piperidine rings is 1. The molecule has 1 amide bonds. The molecule has 3 aromatic rings. The Labute approximate surface area is 140 Å². The van der Waals surface area contributed by atoms with E-state index < -0.39 is 0 Å². The summed E-state index contributed by atoms with van der Waals surface area (Å²) in [5, 5.41) is 4.14. The number of likely N-dealkylation sites (tertiary alicyclic amines) is 1. The van der Waals surface area contributed by atoms with Gasteiger partial charge in [0.2, 0.25) is 5.91 Å². The van der Waals surface area contributed by atoms with Crippen LogP contribution in [0.1, 0.15) is 30.9 Å². The molecule has 0 aromatic carbocycles.